The predicted molar refractivity (Wildman–Crippen MR) is 123 cm³/mol. The van der Waals surface area contributed by atoms with Crippen molar-refractivity contribution >= 4 is 12.1 Å². The molecule has 2 atom stereocenters. The van der Waals surface area contributed by atoms with Gasteiger partial charge in [0.15, 0.2) is 11.4 Å². The molecule has 186 valence electrons. The molecule has 0 saturated heterocycles. The first-order valence-corrected chi connectivity index (χ1v) is 11.9. The van der Waals surface area contributed by atoms with Gasteiger partial charge in [0.05, 0.1) is 17.7 Å². The number of aliphatic carboxylic acids is 1. The van der Waals surface area contributed by atoms with Crippen molar-refractivity contribution in [3.8, 4) is 23.2 Å². The van der Waals surface area contributed by atoms with Crippen molar-refractivity contribution in [3.63, 3.8) is 0 Å². The van der Waals surface area contributed by atoms with E-state index in [1.165, 1.54) is 11.1 Å². The lowest BCUT2D eigenvalue weighted by atomic mass is 9.85. The van der Waals surface area contributed by atoms with E-state index in [0.717, 1.165) is 25.7 Å². The number of aryl methyl sites for hydroxylation is 1. The van der Waals surface area contributed by atoms with Gasteiger partial charge in [0, 0.05) is 20.6 Å². The Balaban J connectivity index is 1.45. The number of pyridine rings is 1. The number of carboxylic acid groups (broad SMARTS) is 1. The van der Waals surface area contributed by atoms with Gasteiger partial charge >= 0.3 is 12.1 Å². The van der Waals surface area contributed by atoms with Crippen LogP contribution >= 0.6 is 0 Å². The van der Waals surface area contributed by atoms with Crippen LogP contribution in [0.1, 0.15) is 56.3 Å². The van der Waals surface area contributed by atoms with E-state index in [1.54, 1.807) is 31.1 Å². The van der Waals surface area contributed by atoms with Crippen LogP contribution in [0.3, 0.4) is 0 Å². The van der Waals surface area contributed by atoms with Gasteiger partial charge in [-0.25, -0.2) is 14.5 Å². The van der Waals surface area contributed by atoms with E-state index < -0.39 is 18.0 Å². The zero-order valence-electron chi connectivity index (χ0n) is 20.0. The number of nitrogens with zero attached hydrogens (tertiary/aromatic N) is 6. The Labute approximate surface area is 203 Å². The molecule has 2 aliphatic rings. The van der Waals surface area contributed by atoms with Gasteiger partial charge in [0.25, 0.3) is 0 Å². The van der Waals surface area contributed by atoms with E-state index in [9.17, 15) is 20.0 Å². The van der Waals surface area contributed by atoms with Crippen molar-refractivity contribution in [1.82, 2.24) is 24.9 Å². The average molecular weight is 483 g/mol. The summed E-state index contributed by atoms with van der Waals surface area (Å²) in [7, 11) is 3.43. The van der Waals surface area contributed by atoms with E-state index in [0.29, 0.717) is 48.1 Å². The van der Waals surface area contributed by atoms with Crippen LogP contribution in [0.2, 0.25) is 0 Å². The number of hydrogen-bond acceptors (Lipinski definition) is 8. The molecule has 11 heteroatoms. The maximum Gasteiger partial charge on any atom is 0.409 e. The van der Waals surface area contributed by atoms with Crippen molar-refractivity contribution in [1.29, 1.82) is 5.26 Å². The van der Waals surface area contributed by atoms with Crippen LogP contribution < -0.4 is 4.74 Å². The van der Waals surface area contributed by atoms with Crippen LogP contribution in [0.4, 0.5) is 4.79 Å². The summed E-state index contributed by atoms with van der Waals surface area (Å²) in [5, 5.41) is 27.2. The number of ether oxygens (including phenoxy) is 2. The van der Waals surface area contributed by atoms with Crippen LogP contribution in [0.25, 0.3) is 11.4 Å². The molecule has 0 radical (unpaired) electrons. The minimum absolute atomic E-state index is 0.0346. The van der Waals surface area contributed by atoms with Crippen molar-refractivity contribution in [2.75, 3.05) is 13.6 Å². The molecule has 2 aromatic rings. The molecule has 2 fully saturated rings. The number of carboxylic acids is 1. The van der Waals surface area contributed by atoms with Crippen LogP contribution in [0.5, 0.6) is 5.75 Å². The highest BCUT2D eigenvalue weighted by atomic mass is 16.6. The smallest absolute Gasteiger partial charge is 0.409 e. The zero-order chi connectivity index (χ0) is 24.9. The standard InChI is InChI=1S/C24H30N6O5/c1-29(13-15-5-3-6-15)24(33)34-14-20-22(27-28-30(20)2)18-9-10-21(19(12-25)26-18)35-17-8-4-7-16(11-17)23(31)32/h9-10,15-17H,3-8,11,13-14H2,1-2H3,(H,31,32)/t16-,17-/m0/s1. The summed E-state index contributed by atoms with van der Waals surface area (Å²) in [5.41, 5.74) is 1.45. The SMILES string of the molecule is CN(CC1CCC1)C(=O)OCc1c(-c2ccc(O[C@H]3CCC[C@H](C(=O)O)C3)c(C#N)n2)nnn1C. The molecule has 4 rings (SSSR count). The van der Waals surface area contributed by atoms with E-state index in [2.05, 4.69) is 21.4 Å². The fourth-order valence-electron chi connectivity index (χ4n) is 4.52. The summed E-state index contributed by atoms with van der Waals surface area (Å²) in [6.07, 6.45) is 5.31. The molecule has 2 aromatic heterocycles. The summed E-state index contributed by atoms with van der Waals surface area (Å²) in [5.74, 6) is -0.414. The lowest BCUT2D eigenvalue weighted by Crippen LogP contribution is -2.34. The topological polar surface area (TPSA) is 143 Å². The predicted octanol–water partition coefficient (Wildman–Crippen LogP) is 3.14. The number of aromatic nitrogens is 4. The summed E-state index contributed by atoms with van der Waals surface area (Å²) in [4.78, 5) is 29.7. The Bertz CT molecular complexity index is 1120. The summed E-state index contributed by atoms with van der Waals surface area (Å²) >= 11 is 0. The number of carbonyl (C=O) groups is 2. The third-order valence-corrected chi connectivity index (χ3v) is 6.82. The Morgan fingerprint density at radius 3 is 2.71 bits per heavy atom. The third kappa shape index (κ3) is 5.70. The lowest BCUT2D eigenvalue weighted by molar-refractivity contribution is -0.143. The highest BCUT2D eigenvalue weighted by molar-refractivity contribution is 5.70. The minimum atomic E-state index is -0.822. The largest absolute Gasteiger partial charge is 0.487 e. The van der Waals surface area contributed by atoms with Gasteiger partial charge in [0.2, 0.25) is 0 Å². The van der Waals surface area contributed by atoms with Gasteiger partial charge in [-0.3, -0.25) is 4.79 Å². The second kappa shape index (κ2) is 10.7. The Morgan fingerprint density at radius 2 is 2.03 bits per heavy atom. The van der Waals surface area contributed by atoms with Gasteiger partial charge in [0.1, 0.15) is 24.1 Å². The molecule has 35 heavy (non-hydrogen) atoms. The van der Waals surface area contributed by atoms with Gasteiger partial charge in [-0.1, -0.05) is 11.6 Å². The Hall–Kier alpha value is -3.68. The summed E-state index contributed by atoms with van der Waals surface area (Å²) in [6.45, 7) is 0.644. The van der Waals surface area contributed by atoms with Gasteiger partial charge < -0.3 is 19.5 Å². The van der Waals surface area contributed by atoms with Crippen molar-refractivity contribution in [2.45, 2.75) is 57.7 Å². The minimum Gasteiger partial charge on any atom is -0.487 e. The zero-order valence-corrected chi connectivity index (χ0v) is 20.0. The molecular formula is C24H30N6O5. The normalized spacial score (nSPS) is 19.9. The van der Waals surface area contributed by atoms with Crippen LogP contribution in [-0.2, 0) is 23.2 Å². The monoisotopic (exact) mass is 482 g/mol. The number of hydrogen-bond donors (Lipinski definition) is 1. The number of nitriles is 1. The molecule has 0 bridgehead atoms. The van der Waals surface area contributed by atoms with Gasteiger partial charge in [-0.05, 0) is 56.6 Å². The maximum atomic E-state index is 12.4. The number of carbonyl (C=O) groups excluding carboxylic acids is 1. The Kier molecular flexibility index (Phi) is 7.48. The van der Waals surface area contributed by atoms with Crippen molar-refractivity contribution < 1.29 is 24.2 Å². The fraction of sp³-hybridized carbons (Fsp3) is 0.583. The first-order valence-electron chi connectivity index (χ1n) is 11.9. The first-order chi connectivity index (χ1) is 16.9. The molecule has 1 amide bonds. The Morgan fingerprint density at radius 1 is 1.26 bits per heavy atom. The molecule has 2 aliphatic carbocycles. The molecule has 0 aliphatic heterocycles. The maximum absolute atomic E-state index is 12.4. The van der Waals surface area contributed by atoms with E-state index in [1.807, 2.05) is 0 Å². The summed E-state index contributed by atoms with van der Waals surface area (Å²) in [6, 6.07) is 5.36. The van der Waals surface area contributed by atoms with E-state index in [-0.39, 0.29) is 18.4 Å². The molecule has 2 heterocycles. The van der Waals surface area contributed by atoms with Gasteiger partial charge in [-0.15, -0.1) is 5.10 Å². The van der Waals surface area contributed by atoms with Crippen molar-refractivity contribution in [2.24, 2.45) is 18.9 Å². The average Bonchev–Trinajstić information content (AvgIpc) is 3.20. The number of rotatable bonds is 8. The molecule has 0 unspecified atom stereocenters. The second-order valence-corrected chi connectivity index (χ2v) is 9.34. The molecule has 0 aromatic carbocycles. The van der Waals surface area contributed by atoms with E-state index >= 15 is 0 Å². The van der Waals surface area contributed by atoms with Crippen LogP contribution in [0, 0.1) is 23.2 Å². The molecule has 1 N–H and O–H groups in total. The molecular weight excluding hydrogens is 452 g/mol. The third-order valence-electron chi connectivity index (χ3n) is 6.82. The summed E-state index contributed by atoms with van der Waals surface area (Å²) < 4.78 is 13.0. The highest BCUT2D eigenvalue weighted by Crippen LogP contribution is 2.31. The highest BCUT2D eigenvalue weighted by Gasteiger charge is 2.29. The van der Waals surface area contributed by atoms with Crippen LogP contribution in [-0.4, -0.2) is 61.7 Å². The van der Waals surface area contributed by atoms with Crippen molar-refractivity contribution in [3.05, 3.63) is 23.5 Å². The van der Waals surface area contributed by atoms with E-state index in [4.69, 9.17) is 9.47 Å². The van der Waals surface area contributed by atoms with Crippen LogP contribution in [0.15, 0.2) is 12.1 Å². The fourth-order valence-corrected chi connectivity index (χ4v) is 4.52. The number of amides is 1. The molecule has 11 nitrogen and oxygen atoms in total. The lowest BCUT2D eigenvalue weighted by Gasteiger charge is -2.29. The quantitative estimate of drug-likeness (QED) is 0.600. The second-order valence-electron chi connectivity index (χ2n) is 9.34. The first kappa shape index (κ1) is 24.4. The molecule has 2 saturated carbocycles. The molecule has 0 spiro atoms. The van der Waals surface area contributed by atoms with Gasteiger partial charge in [-0.2, -0.15) is 5.26 Å².